The van der Waals surface area contributed by atoms with Crippen LogP contribution in [0.25, 0.3) is 5.03 Å². The molecule has 0 aliphatic heterocycles. The summed E-state index contributed by atoms with van der Waals surface area (Å²) in [6, 6.07) is 9.00. The summed E-state index contributed by atoms with van der Waals surface area (Å²) >= 11 is 6.11. The van der Waals surface area contributed by atoms with E-state index in [1.165, 1.54) is 13.1 Å². The van der Waals surface area contributed by atoms with Gasteiger partial charge in [0.2, 0.25) is 0 Å². The number of carbonyl (C=O) groups is 1. The lowest BCUT2D eigenvalue weighted by molar-refractivity contribution is -0.132. The molecule has 0 spiro atoms. The van der Waals surface area contributed by atoms with E-state index in [2.05, 4.69) is 4.99 Å². The van der Waals surface area contributed by atoms with E-state index < -0.39 is 11.7 Å². The second-order valence-electron chi connectivity index (χ2n) is 4.34. The number of benzene rings is 1. The molecule has 2 N–H and O–H groups in total. The lowest BCUT2D eigenvalue weighted by atomic mass is 10.0. The number of aliphatic carboxylic acids is 1. The van der Waals surface area contributed by atoms with Crippen LogP contribution in [0, 0.1) is 0 Å². The zero-order valence-electron chi connectivity index (χ0n) is 12.0. The second-order valence-corrected chi connectivity index (χ2v) is 4.75. The largest absolute Gasteiger partial charge is 0.507 e. The molecular weight excluding hydrogens is 290 g/mol. The lowest BCUT2D eigenvalue weighted by Gasteiger charge is -2.07. The van der Waals surface area contributed by atoms with Crippen molar-refractivity contribution in [1.29, 1.82) is 0 Å². The van der Waals surface area contributed by atoms with Gasteiger partial charge in [0.15, 0.2) is 0 Å². The first kappa shape index (κ1) is 17.0. The van der Waals surface area contributed by atoms with Crippen molar-refractivity contribution in [3.8, 4) is 0 Å². The Hall–Kier alpha value is -2.07. The minimum absolute atomic E-state index is 0.214. The minimum Gasteiger partial charge on any atom is -0.507 e. The number of carboxylic acid groups (broad SMARTS) is 1. The standard InChI is InChI=1S/C16H18ClNO3/c1-3-7-13(18-2)15(16(20)21)14(19)10-12(17)11-8-5-4-6-9-11/h4-6,8-10,19H,3,7H2,1-2H3,(H,20,21). The van der Waals surface area contributed by atoms with Crippen LogP contribution in [0.15, 0.2) is 52.7 Å². The maximum absolute atomic E-state index is 11.4. The van der Waals surface area contributed by atoms with Crippen LogP contribution >= 0.6 is 11.6 Å². The molecule has 0 fully saturated rings. The van der Waals surface area contributed by atoms with Gasteiger partial charge in [0.05, 0.1) is 10.7 Å². The number of aliphatic hydroxyl groups excluding tert-OH is 1. The predicted molar refractivity (Wildman–Crippen MR) is 85.8 cm³/mol. The molecule has 0 atom stereocenters. The van der Waals surface area contributed by atoms with Gasteiger partial charge in [-0.3, -0.25) is 4.99 Å². The zero-order valence-corrected chi connectivity index (χ0v) is 12.8. The molecule has 0 saturated heterocycles. The fourth-order valence-electron chi connectivity index (χ4n) is 1.84. The SMILES string of the molecule is CCCC(=NC)C(C(=O)O)=C(O)C=C(Cl)c1ccccc1. The molecule has 0 radical (unpaired) electrons. The smallest absolute Gasteiger partial charge is 0.341 e. The van der Waals surface area contributed by atoms with Crippen LogP contribution in [0.3, 0.4) is 0 Å². The first-order valence-electron chi connectivity index (χ1n) is 6.56. The molecule has 21 heavy (non-hydrogen) atoms. The quantitative estimate of drug-likeness (QED) is 0.361. The summed E-state index contributed by atoms with van der Waals surface area (Å²) in [5.74, 6) is -1.62. The second kappa shape index (κ2) is 8.27. The van der Waals surface area contributed by atoms with Crippen LogP contribution in [-0.4, -0.2) is 28.9 Å². The van der Waals surface area contributed by atoms with Crippen LogP contribution < -0.4 is 0 Å². The fraction of sp³-hybridized carbons (Fsp3) is 0.250. The zero-order chi connectivity index (χ0) is 15.8. The number of hydrogen-bond acceptors (Lipinski definition) is 3. The van der Waals surface area contributed by atoms with Crippen molar-refractivity contribution in [3.05, 3.63) is 53.3 Å². The Kier molecular flexibility index (Phi) is 6.69. The average molecular weight is 308 g/mol. The van der Waals surface area contributed by atoms with Crippen molar-refractivity contribution < 1.29 is 15.0 Å². The molecule has 0 unspecified atom stereocenters. The first-order chi connectivity index (χ1) is 10.0. The maximum atomic E-state index is 11.4. The molecule has 0 aliphatic rings. The predicted octanol–water partition coefficient (Wildman–Crippen LogP) is 4.03. The maximum Gasteiger partial charge on any atom is 0.341 e. The number of rotatable bonds is 6. The Morgan fingerprint density at radius 1 is 1.29 bits per heavy atom. The normalized spacial score (nSPS) is 13.9. The highest BCUT2D eigenvalue weighted by Crippen LogP contribution is 2.21. The van der Waals surface area contributed by atoms with Gasteiger partial charge in [0.25, 0.3) is 0 Å². The summed E-state index contributed by atoms with van der Waals surface area (Å²) in [5, 5.41) is 19.6. The van der Waals surface area contributed by atoms with Crippen molar-refractivity contribution in [2.75, 3.05) is 7.05 Å². The van der Waals surface area contributed by atoms with E-state index in [1.54, 1.807) is 24.3 Å². The van der Waals surface area contributed by atoms with E-state index in [0.717, 1.165) is 6.42 Å². The number of halogens is 1. The third-order valence-electron chi connectivity index (χ3n) is 2.83. The van der Waals surface area contributed by atoms with Gasteiger partial charge in [-0.15, -0.1) is 0 Å². The molecule has 1 rings (SSSR count). The van der Waals surface area contributed by atoms with E-state index in [0.29, 0.717) is 17.7 Å². The molecule has 5 heteroatoms. The van der Waals surface area contributed by atoms with Crippen molar-refractivity contribution in [1.82, 2.24) is 0 Å². The number of aliphatic imine (C=N–C) groups is 1. The Bertz CT molecular complexity index is 589. The summed E-state index contributed by atoms with van der Waals surface area (Å²) in [6.45, 7) is 1.91. The summed E-state index contributed by atoms with van der Waals surface area (Å²) in [6.07, 6.45) is 2.44. The molecule has 112 valence electrons. The third-order valence-corrected chi connectivity index (χ3v) is 3.16. The highest BCUT2D eigenvalue weighted by molar-refractivity contribution is 6.49. The molecular formula is C16H18ClNO3. The highest BCUT2D eigenvalue weighted by atomic mass is 35.5. The number of allylic oxidation sites excluding steroid dienone is 1. The van der Waals surface area contributed by atoms with Crippen LogP contribution in [0.5, 0.6) is 0 Å². The van der Waals surface area contributed by atoms with E-state index in [-0.39, 0.29) is 10.6 Å². The summed E-state index contributed by atoms with van der Waals surface area (Å²) in [5.41, 5.74) is 0.825. The molecule has 0 bridgehead atoms. The minimum atomic E-state index is -1.23. The van der Waals surface area contributed by atoms with Gasteiger partial charge < -0.3 is 10.2 Å². The molecule has 1 aromatic rings. The van der Waals surface area contributed by atoms with Crippen molar-refractivity contribution in [2.45, 2.75) is 19.8 Å². The van der Waals surface area contributed by atoms with Crippen LogP contribution in [0.4, 0.5) is 0 Å². The molecule has 0 heterocycles. The van der Waals surface area contributed by atoms with Crippen LogP contribution in [0.2, 0.25) is 0 Å². The summed E-state index contributed by atoms with van der Waals surface area (Å²) in [7, 11) is 1.50. The summed E-state index contributed by atoms with van der Waals surface area (Å²) in [4.78, 5) is 15.3. The van der Waals surface area contributed by atoms with Gasteiger partial charge in [-0.2, -0.15) is 0 Å². The van der Waals surface area contributed by atoms with E-state index in [4.69, 9.17) is 11.6 Å². The van der Waals surface area contributed by atoms with Gasteiger partial charge in [-0.25, -0.2) is 4.79 Å². The highest BCUT2D eigenvalue weighted by Gasteiger charge is 2.19. The lowest BCUT2D eigenvalue weighted by Crippen LogP contribution is -2.15. The molecule has 0 saturated carbocycles. The number of carboxylic acids is 1. The molecule has 4 nitrogen and oxygen atoms in total. The van der Waals surface area contributed by atoms with Gasteiger partial charge in [-0.1, -0.05) is 55.3 Å². The molecule has 0 aromatic heterocycles. The molecule has 0 aliphatic carbocycles. The third kappa shape index (κ3) is 4.76. The van der Waals surface area contributed by atoms with Crippen molar-refractivity contribution >= 4 is 28.3 Å². The van der Waals surface area contributed by atoms with Crippen LogP contribution in [-0.2, 0) is 4.79 Å². The van der Waals surface area contributed by atoms with E-state index in [1.807, 2.05) is 13.0 Å². The Balaban J connectivity index is 3.26. The van der Waals surface area contributed by atoms with Gasteiger partial charge in [0, 0.05) is 13.1 Å². The number of hydrogen-bond donors (Lipinski definition) is 2. The van der Waals surface area contributed by atoms with Gasteiger partial charge in [0.1, 0.15) is 11.3 Å². The first-order valence-corrected chi connectivity index (χ1v) is 6.94. The monoisotopic (exact) mass is 307 g/mol. The number of nitrogens with zero attached hydrogens (tertiary/aromatic N) is 1. The fourth-order valence-corrected chi connectivity index (χ4v) is 2.07. The van der Waals surface area contributed by atoms with Crippen LogP contribution in [0.1, 0.15) is 25.3 Å². The topological polar surface area (TPSA) is 69.9 Å². The average Bonchev–Trinajstić information content (AvgIpc) is 2.47. The van der Waals surface area contributed by atoms with E-state index in [9.17, 15) is 15.0 Å². The van der Waals surface area contributed by atoms with Crippen molar-refractivity contribution in [2.24, 2.45) is 4.99 Å². The summed E-state index contributed by atoms with van der Waals surface area (Å²) < 4.78 is 0. The molecule has 0 amide bonds. The Morgan fingerprint density at radius 3 is 2.38 bits per heavy atom. The van der Waals surface area contributed by atoms with E-state index >= 15 is 0 Å². The molecule has 1 aromatic carbocycles. The number of aliphatic hydroxyl groups is 1. The van der Waals surface area contributed by atoms with Crippen molar-refractivity contribution in [3.63, 3.8) is 0 Å². The van der Waals surface area contributed by atoms with Gasteiger partial charge >= 0.3 is 5.97 Å². The Labute approximate surface area is 129 Å². The van der Waals surface area contributed by atoms with Gasteiger partial charge in [-0.05, 0) is 12.0 Å². The Morgan fingerprint density at radius 2 is 1.90 bits per heavy atom.